The Bertz CT molecular complexity index is 829. The SMILES string of the molecule is COc1ccc(C(=O)CCC(=O)N2CCc3ccc(OC)cc3C2C)cc1. The van der Waals surface area contributed by atoms with Crippen LogP contribution in [0.4, 0.5) is 0 Å². The lowest BCUT2D eigenvalue weighted by Crippen LogP contribution is -2.39. The van der Waals surface area contributed by atoms with E-state index in [1.54, 1.807) is 38.5 Å². The number of benzene rings is 2. The number of ether oxygens (including phenoxy) is 2. The van der Waals surface area contributed by atoms with Gasteiger partial charge in [-0.2, -0.15) is 0 Å². The Morgan fingerprint density at radius 3 is 2.33 bits per heavy atom. The quantitative estimate of drug-likeness (QED) is 0.729. The van der Waals surface area contributed by atoms with Gasteiger partial charge in [0, 0.05) is 24.9 Å². The largest absolute Gasteiger partial charge is 0.497 e. The van der Waals surface area contributed by atoms with Crippen molar-refractivity contribution >= 4 is 11.7 Å². The Kier molecular flexibility index (Phi) is 5.79. The normalized spacial score (nSPS) is 15.8. The molecule has 27 heavy (non-hydrogen) atoms. The first-order valence-corrected chi connectivity index (χ1v) is 9.17. The molecule has 5 heteroatoms. The summed E-state index contributed by atoms with van der Waals surface area (Å²) in [5, 5.41) is 0. The lowest BCUT2D eigenvalue weighted by atomic mass is 9.92. The number of carbonyl (C=O) groups excluding carboxylic acids is 2. The summed E-state index contributed by atoms with van der Waals surface area (Å²) in [7, 11) is 3.23. The fourth-order valence-electron chi connectivity index (χ4n) is 3.55. The van der Waals surface area contributed by atoms with Crippen LogP contribution in [0, 0.1) is 0 Å². The van der Waals surface area contributed by atoms with Gasteiger partial charge in [0.1, 0.15) is 11.5 Å². The topological polar surface area (TPSA) is 55.8 Å². The molecule has 0 N–H and O–H groups in total. The van der Waals surface area contributed by atoms with Crippen molar-refractivity contribution in [2.24, 2.45) is 0 Å². The number of nitrogens with zero attached hydrogens (tertiary/aromatic N) is 1. The maximum absolute atomic E-state index is 12.7. The Morgan fingerprint density at radius 2 is 1.67 bits per heavy atom. The fraction of sp³-hybridized carbons (Fsp3) is 0.364. The van der Waals surface area contributed by atoms with E-state index in [-0.39, 0.29) is 30.6 Å². The van der Waals surface area contributed by atoms with Crippen molar-refractivity contribution < 1.29 is 19.1 Å². The van der Waals surface area contributed by atoms with Crippen LogP contribution >= 0.6 is 0 Å². The molecule has 1 unspecified atom stereocenters. The van der Waals surface area contributed by atoms with Crippen LogP contribution in [0.5, 0.6) is 11.5 Å². The van der Waals surface area contributed by atoms with Crippen LogP contribution in [-0.2, 0) is 11.2 Å². The van der Waals surface area contributed by atoms with E-state index in [2.05, 4.69) is 6.07 Å². The molecule has 0 aromatic heterocycles. The van der Waals surface area contributed by atoms with Crippen LogP contribution in [0.1, 0.15) is 47.3 Å². The van der Waals surface area contributed by atoms with Crippen LogP contribution in [-0.4, -0.2) is 37.4 Å². The van der Waals surface area contributed by atoms with E-state index in [1.165, 1.54) is 5.56 Å². The summed E-state index contributed by atoms with van der Waals surface area (Å²) in [5.74, 6) is 1.49. The van der Waals surface area contributed by atoms with Crippen LogP contribution in [0.15, 0.2) is 42.5 Å². The number of hydrogen-bond acceptors (Lipinski definition) is 4. The summed E-state index contributed by atoms with van der Waals surface area (Å²) in [4.78, 5) is 27.0. The molecule has 0 saturated heterocycles. The Labute approximate surface area is 159 Å². The van der Waals surface area contributed by atoms with Crippen molar-refractivity contribution in [1.29, 1.82) is 0 Å². The second-order valence-electron chi connectivity index (χ2n) is 6.73. The zero-order valence-electron chi connectivity index (χ0n) is 16.0. The first kappa shape index (κ1) is 19.0. The number of amides is 1. The number of ketones is 1. The van der Waals surface area contributed by atoms with E-state index < -0.39 is 0 Å². The molecular formula is C22H25NO4. The number of rotatable bonds is 6. The molecule has 0 saturated carbocycles. The third-order valence-electron chi connectivity index (χ3n) is 5.19. The Morgan fingerprint density at radius 1 is 1.00 bits per heavy atom. The summed E-state index contributed by atoms with van der Waals surface area (Å²) in [6.07, 6.45) is 1.25. The molecule has 0 radical (unpaired) electrons. The molecule has 0 aliphatic carbocycles. The predicted molar refractivity (Wildman–Crippen MR) is 103 cm³/mol. The summed E-state index contributed by atoms with van der Waals surface area (Å²) >= 11 is 0. The molecule has 5 nitrogen and oxygen atoms in total. The molecule has 3 rings (SSSR count). The average Bonchev–Trinajstić information content (AvgIpc) is 2.72. The van der Waals surface area contributed by atoms with E-state index in [0.29, 0.717) is 17.9 Å². The van der Waals surface area contributed by atoms with Gasteiger partial charge in [0.2, 0.25) is 5.91 Å². The average molecular weight is 367 g/mol. The van der Waals surface area contributed by atoms with Gasteiger partial charge in [-0.25, -0.2) is 0 Å². The van der Waals surface area contributed by atoms with E-state index >= 15 is 0 Å². The van der Waals surface area contributed by atoms with Crippen molar-refractivity contribution in [1.82, 2.24) is 4.90 Å². The molecule has 1 heterocycles. The summed E-state index contributed by atoms with van der Waals surface area (Å²) in [6.45, 7) is 2.71. The molecule has 1 aliphatic heterocycles. The van der Waals surface area contributed by atoms with Gasteiger partial charge in [-0.05, 0) is 60.9 Å². The highest BCUT2D eigenvalue weighted by molar-refractivity contribution is 5.98. The van der Waals surface area contributed by atoms with Crippen LogP contribution in [0.25, 0.3) is 0 Å². The zero-order chi connectivity index (χ0) is 19.4. The number of fused-ring (bicyclic) bond motifs is 1. The monoisotopic (exact) mass is 367 g/mol. The second kappa shape index (κ2) is 8.25. The van der Waals surface area contributed by atoms with Gasteiger partial charge in [0.05, 0.1) is 20.3 Å². The van der Waals surface area contributed by atoms with Gasteiger partial charge in [-0.3, -0.25) is 9.59 Å². The van der Waals surface area contributed by atoms with Gasteiger partial charge < -0.3 is 14.4 Å². The van der Waals surface area contributed by atoms with Crippen molar-refractivity contribution in [2.75, 3.05) is 20.8 Å². The first-order valence-electron chi connectivity index (χ1n) is 9.17. The lowest BCUT2D eigenvalue weighted by molar-refractivity contribution is -0.133. The van der Waals surface area contributed by atoms with Gasteiger partial charge in [-0.15, -0.1) is 0 Å². The number of hydrogen-bond donors (Lipinski definition) is 0. The highest BCUT2D eigenvalue weighted by Crippen LogP contribution is 2.32. The first-order chi connectivity index (χ1) is 13.0. The molecule has 0 fully saturated rings. The third-order valence-corrected chi connectivity index (χ3v) is 5.19. The molecule has 2 aromatic carbocycles. The minimum absolute atomic E-state index is 0.0119. The zero-order valence-corrected chi connectivity index (χ0v) is 16.0. The maximum atomic E-state index is 12.7. The fourth-order valence-corrected chi connectivity index (χ4v) is 3.55. The van der Waals surface area contributed by atoms with E-state index in [9.17, 15) is 9.59 Å². The van der Waals surface area contributed by atoms with Gasteiger partial charge in [0.25, 0.3) is 0 Å². The van der Waals surface area contributed by atoms with Crippen molar-refractivity contribution in [3.8, 4) is 11.5 Å². The minimum Gasteiger partial charge on any atom is -0.497 e. The summed E-state index contributed by atoms with van der Waals surface area (Å²) in [5.41, 5.74) is 2.97. The lowest BCUT2D eigenvalue weighted by Gasteiger charge is -2.35. The van der Waals surface area contributed by atoms with Gasteiger partial charge in [0.15, 0.2) is 5.78 Å². The van der Waals surface area contributed by atoms with Crippen LogP contribution in [0.3, 0.4) is 0 Å². The van der Waals surface area contributed by atoms with Gasteiger partial charge >= 0.3 is 0 Å². The molecule has 142 valence electrons. The van der Waals surface area contributed by atoms with E-state index in [4.69, 9.17) is 9.47 Å². The van der Waals surface area contributed by atoms with Crippen molar-refractivity contribution in [2.45, 2.75) is 32.2 Å². The molecule has 0 bridgehead atoms. The smallest absolute Gasteiger partial charge is 0.223 e. The third kappa shape index (κ3) is 4.13. The molecule has 1 aliphatic rings. The summed E-state index contributed by atoms with van der Waals surface area (Å²) in [6, 6.07) is 13.0. The Balaban J connectivity index is 1.63. The Hall–Kier alpha value is -2.82. The molecule has 1 amide bonds. The summed E-state index contributed by atoms with van der Waals surface area (Å²) < 4.78 is 10.4. The highest BCUT2D eigenvalue weighted by atomic mass is 16.5. The highest BCUT2D eigenvalue weighted by Gasteiger charge is 2.28. The minimum atomic E-state index is -0.0299. The van der Waals surface area contributed by atoms with Crippen molar-refractivity contribution in [3.05, 3.63) is 59.2 Å². The van der Waals surface area contributed by atoms with Crippen molar-refractivity contribution in [3.63, 3.8) is 0 Å². The maximum Gasteiger partial charge on any atom is 0.223 e. The van der Waals surface area contributed by atoms with Crippen LogP contribution < -0.4 is 9.47 Å². The van der Waals surface area contributed by atoms with Crippen LogP contribution in [0.2, 0.25) is 0 Å². The second-order valence-corrected chi connectivity index (χ2v) is 6.73. The standard InChI is InChI=1S/C22H25NO4/c1-15-20-14-19(27-3)9-4-16(20)12-13-23(15)22(25)11-10-21(24)17-5-7-18(26-2)8-6-17/h4-9,14-15H,10-13H2,1-3H3. The molecular weight excluding hydrogens is 342 g/mol. The number of carbonyl (C=O) groups is 2. The molecule has 1 atom stereocenters. The number of Topliss-reactive ketones (excluding diaryl/α,β-unsaturated/α-hetero) is 1. The predicted octanol–water partition coefficient (Wildman–Crippen LogP) is 3.81. The van der Waals surface area contributed by atoms with Gasteiger partial charge in [-0.1, -0.05) is 6.07 Å². The molecule has 2 aromatic rings. The molecule has 0 spiro atoms. The van der Waals surface area contributed by atoms with E-state index in [1.807, 2.05) is 24.0 Å². The number of methoxy groups -OCH3 is 2. The van der Waals surface area contributed by atoms with E-state index in [0.717, 1.165) is 17.7 Å².